The lowest BCUT2D eigenvalue weighted by Gasteiger charge is -2.08. The largest absolute Gasteiger partial charge is 0.480 e. The molecule has 0 heterocycles. The fourth-order valence-corrected chi connectivity index (χ4v) is 2.23. The molecule has 0 aliphatic carbocycles. The van der Waals surface area contributed by atoms with Gasteiger partial charge >= 0.3 is 5.97 Å². The van der Waals surface area contributed by atoms with E-state index in [0.717, 1.165) is 12.8 Å². The summed E-state index contributed by atoms with van der Waals surface area (Å²) in [5.41, 5.74) is 0. The van der Waals surface area contributed by atoms with Crippen molar-refractivity contribution >= 4 is 17.7 Å². The van der Waals surface area contributed by atoms with Crippen molar-refractivity contribution in [3.8, 4) is 0 Å². The highest BCUT2D eigenvalue weighted by Gasteiger charge is 2.14. The molecule has 0 aromatic rings. The molecular weight excluding hydrogens is 208 g/mol. The van der Waals surface area contributed by atoms with E-state index in [0.29, 0.717) is 0 Å². The number of carboxylic acids is 1. The van der Waals surface area contributed by atoms with E-state index >= 15 is 0 Å². The van der Waals surface area contributed by atoms with Crippen molar-refractivity contribution in [3.63, 3.8) is 0 Å². The third kappa shape index (κ3) is 8.79. The van der Waals surface area contributed by atoms with E-state index < -0.39 is 5.97 Å². The van der Waals surface area contributed by atoms with Crippen LogP contribution in [0.15, 0.2) is 0 Å². The Kier molecular flexibility index (Phi) is 10.2. The van der Waals surface area contributed by atoms with E-state index in [1.807, 2.05) is 6.26 Å². The fraction of sp³-hybridized carbons (Fsp3) is 0.917. The molecule has 2 nitrogen and oxygen atoms in total. The minimum Gasteiger partial charge on any atom is -0.480 e. The number of hydrogen-bond acceptors (Lipinski definition) is 2. The Morgan fingerprint density at radius 2 is 1.67 bits per heavy atom. The van der Waals surface area contributed by atoms with Crippen LogP contribution in [0.1, 0.15) is 58.3 Å². The van der Waals surface area contributed by atoms with Crippen molar-refractivity contribution in [3.05, 3.63) is 0 Å². The normalized spacial score (nSPS) is 12.7. The smallest absolute Gasteiger partial charge is 0.316 e. The fourth-order valence-electron chi connectivity index (χ4n) is 1.63. The zero-order valence-electron chi connectivity index (χ0n) is 10.00. The second-order valence-corrected chi connectivity index (χ2v) is 5.01. The van der Waals surface area contributed by atoms with Gasteiger partial charge in [0.05, 0.1) is 0 Å². The van der Waals surface area contributed by atoms with Gasteiger partial charge in [-0.05, 0) is 12.7 Å². The summed E-state index contributed by atoms with van der Waals surface area (Å²) < 4.78 is 0. The van der Waals surface area contributed by atoms with E-state index in [9.17, 15) is 4.79 Å². The maximum atomic E-state index is 10.7. The first kappa shape index (κ1) is 14.8. The van der Waals surface area contributed by atoms with Gasteiger partial charge in [-0.2, -0.15) is 11.8 Å². The maximum Gasteiger partial charge on any atom is 0.316 e. The van der Waals surface area contributed by atoms with Crippen LogP contribution in [0.3, 0.4) is 0 Å². The summed E-state index contributed by atoms with van der Waals surface area (Å²) in [5.74, 6) is -0.659. The van der Waals surface area contributed by atoms with Crippen LogP contribution in [-0.2, 0) is 4.79 Å². The molecule has 90 valence electrons. The highest BCUT2D eigenvalue weighted by atomic mass is 32.2. The van der Waals surface area contributed by atoms with Crippen molar-refractivity contribution < 1.29 is 9.90 Å². The number of carbonyl (C=O) groups is 1. The highest BCUT2D eigenvalue weighted by Crippen LogP contribution is 2.16. The predicted molar refractivity (Wildman–Crippen MR) is 67.5 cm³/mol. The Labute approximate surface area is 97.8 Å². The molecule has 0 fully saturated rings. The molecule has 0 aromatic carbocycles. The van der Waals surface area contributed by atoms with Crippen LogP contribution in [0.5, 0.6) is 0 Å². The van der Waals surface area contributed by atoms with Crippen LogP contribution < -0.4 is 0 Å². The summed E-state index contributed by atoms with van der Waals surface area (Å²) >= 11 is 1.45. The minimum atomic E-state index is -0.659. The molecule has 1 N–H and O–H groups in total. The molecule has 0 spiro atoms. The molecule has 0 aromatic heterocycles. The number of carboxylic acid groups (broad SMARTS) is 1. The number of unbranched alkanes of at least 4 members (excludes halogenated alkanes) is 6. The van der Waals surface area contributed by atoms with Gasteiger partial charge in [-0.3, -0.25) is 4.79 Å². The lowest BCUT2D eigenvalue weighted by atomic mass is 10.1. The van der Waals surface area contributed by atoms with Crippen LogP contribution >= 0.6 is 11.8 Å². The molecule has 3 heteroatoms. The number of aliphatic carboxylic acids is 1. The van der Waals surface area contributed by atoms with Crippen molar-refractivity contribution in [2.45, 2.75) is 63.5 Å². The lowest BCUT2D eigenvalue weighted by Crippen LogP contribution is -2.15. The summed E-state index contributed by atoms with van der Waals surface area (Å²) in [6.45, 7) is 2.22. The lowest BCUT2D eigenvalue weighted by molar-refractivity contribution is -0.136. The molecule has 0 rings (SSSR count). The Morgan fingerprint density at radius 1 is 1.13 bits per heavy atom. The molecule has 0 aliphatic heterocycles. The monoisotopic (exact) mass is 232 g/mol. The number of thioether (sulfide) groups is 1. The Bertz CT molecular complexity index is 160. The van der Waals surface area contributed by atoms with Gasteiger partial charge in [-0.25, -0.2) is 0 Å². The molecule has 0 radical (unpaired) electrons. The zero-order valence-corrected chi connectivity index (χ0v) is 10.8. The second-order valence-electron chi connectivity index (χ2n) is 3.97. The van der Waals surface area contributed by atoms with Gasteiger partial charge in [0.25, 0.3) is 0 Å². The summed E-state index contributed by atoms with van der Waals surface area (Å²) in [7, 11) is 0. The first-order valence-corrected chi connectivity index (χ1v) is 7.26. The third-order valence-electron chi connectivity index (χ3n) is 2.63. The van der Waals surface area contributed by atoms with Gasteiger partial charge < -0.3 is 5.11 Å². The molecule has 0 amide bonds. The van der Waals surface area contributed by atoms with Crippen LogP contribution in [-0.4, -0.2) is 22.6 Å². The van der Waals surface area contributed by atoms with E-state index in [-0.39, 0.29) is 5.25 Å². The van der Waals surface area contributed by atoms with Crippen molar-refractivity contribution in [1.82, 2.24) is 0 Å². The molecule has 0 saturated carbocycles. The molecule has 1 unspecified atom stereocenters. The van der Waals surface area contributed by atoms with E-state index in [1.54, 1.807) is 0 Å². The topological polar surface area (TPSA) is 37.3 Å². The highest BCUT2D eigenvalue weighted by molar-refractivity contribution is 7.99. The average molecular weight is 232 g/mol. The van der Waals surface area contributed by atoms with Gasteiger partial charge in [0, 0.05) is 0 Å². The quantitative estimate of drug-likeness (QED) is 0.580. The summed E-state index contributed by atoms with van der Waals surface area (Å²) in [6, 6.07) is 0. The van der Waals surface area contributed by atoms with Crippen LogP contribution in [0.2, 0.25) is 0 Å². The van der Waals surface area contributed by atoms with Crippen LogP contribution in [0.4, 0.5) is 0 Å². The summed E-state index contributed by atoms with van der Waals surface area (Å²) in [4.78, 5) is 10.7. The van der Waals surface area contributed by atoms with Crippen LogP contribution in [0, 0.1) is 0 Å². The van der Waals surface area contributed by atoms with Gasteiger partial charge in [-0.1, -0.05) is 51.9 Å². The van der Waals surface area contributed by atoms with Crippen molar-refractivity contribution in [2.24, 2.45) is 0 Å². The molecule has 0 bridgehead atoms. The maximum absolute atomic E-state index is 10.7. The van der Waals surface area contributed by atoms with Gasteiger partial charge in [0.2, 0.25) is 0 Å². The first-order valence-electron chi connectivity index (χ1n) is 5.98. The molecule has 15 heavy (non-hydrogen) atoms. The van der Waals surface area contributed by atoms with Crippen molar-refractivity contribution in [1.29, 1.82) is 0 Å². The Morgan fingerprint density at radius 3 is 2.13 bits per heavy atom. The van der Waals surface area contributed by atoms with Crippen molar-refractivity contribution in [2.75, 3.05) is 6.26 Å². The molecule has 1 atom stereocenters. The third-order valence-corrected chi connectivity index (χ3v) is 3.64. The average Bonchev–Trinajstić information content (AvgIpc) is 2.21. The van der Waals surface area contributed by atoms with E-state index in [2.05, 4.69) is 6.92 Å². The zero-order chi connectivity index (χ0) is 11.5. The molecule has 0 aliphatic rings. The Balaban J connectivity index is 3.25. The predicted octanol–water partition coefficient (Wildman–Crippen LogP) is 3.94. The Hall–Kier alpha value is -0.180. The summed E-state index contributed by atoms with van der Waals surface area (Å²) in [5, 5.41) is 8.63. The van der Waals surface area contributed by atoms with E-state index in [1.165, 1.54) is 50.3 Å². The number of rotatable bonds is 10. The first-order chi connectivity index (χ1) is 7.22. The summed E-state index contributed by atoms with van der Waals surface area (Å²) in [6.07, 6.45) is 11.5. The standard InChI is InChI=1S/C12H24O2S/c1-3-4-5-6-7-8-9-10-11(15-2)12(13)14/h11H,3-10H2,1-2H3,(H,13,14). The second kappa shape index (κ2) is 10.3. The van der Waals surface area contributed by atoms with Gasteiger partial charge in [0.1, 0.15) is 5.25 Å². The van der Waals surface area contributed by atoms with Gasteiger partial charge in [-0.15, -0.1) is 0 Å². The SMILES string of the molecule is CCCCCCCCCC(SC)C(=O)O. The minimum absolute atomic E-state index is 0.194. The molecular formula is C12H24O2S. The number of hydrogen-bond donors (Lipinski definition) is 1. The molecule has 0 saturated heterocycles. The van der Waals surface area contributed by atoms with Crippen LogP contribution in [0.25, 0.3) is 0 Å². The van der Waals surface area contributed by atoms with Gasteiger partial charge in [0.15, 0.2) is 0 Å². The van der Waals surface area contributed by atoms with E-state index in [4.69, 9.17) is 5.11 Å².